The van der Waals surface area contributed by atoms with Gasteiger partial charge in [-0.3, -0.25) is 0 Å². The van der Waals surface area contributed by atoms with E-state index >= 15 is 0 Å². The van der Waals surface area contributed by atoms with Crippen LogP contribution in [0.15, 0.2) is 0 Å². The van der Waals surface area contributed by atoms with Crippen molar-refractivity contribution in [2.75, 3.05) is 6.61 Å². The molecule has 1 saturated heterocycles. The summed E-state index contributed by atoms with van der Waals surface area (Å²) >= 11 is 0. The highest BCUT2D eigenvalue weighted by Gasteiger charge is 2.26. The zero-order chi connectivity index (χ0) is 4.57. The summed E-state index contributed by atoms with van der Waals surface area (Å²) < 4.78 is 5.02. The van der Waals surface area contributed by atoms with Gasteiger partial charge in [-0.05, 0) is 0 Å². The van der Waals surface area contributed by atoms with Crippen LogP contribution in [-0.4, -0.2) is 29.5 Å². The minimum atomic E-state index is -0.0628. The van der Waals surface area contributed by atoms with E-state index in [0.717, 1.165) is 6.61 Å². The zero-order valence-electron chi connectivity index (χ0n) is 4.77. The summed E-state index contributed by atoms with van der Waals surface area (Å²) in [5.41, 5.74) is 0.704. The highest BCUT2D eigenvalue weighted by molar-refractivity contribution is 6.58. The van der Waals surface area contributed by atoms with Crippen LogP contribution < -0.4 is 0 Å². The largest absolute Gasteiger partial charge is 0.377 e. The van der Waals surface area contributed by atoms with E-state index in [9.17, 15) is 0 Å². The van der Waals surface area contributed by atoms with Crippen molar-refractivity contribution in [3.05, 3.63) is 0 Å². The lowest BCUT2D eigenvalue weighted by Crippen LogP contribution is -2.08. The fourth-order valence-corrected chi connectivity index (χ4v) is 1.14. The molecule has 4 radical (unpaired) electrons. The van der Waals surface area contributed by atoms with Gasteiger partial charge in [0.1, 0.15) is 0 Å². The maximum absolute atomic E-state index is 5.02. The second-order valence-electron chi connectivity index (χ2n) is 1.90. The third-order valence-electron chi connectivity index (χ3n) is 0.977. The van der Waals surface area contributed by atoms with Gasteiger partial charge in [0.2, 0.25) is 0 Å². The third-order valence-corrected chi connectivity index (χ3v) is 2.60. The Bertz CT molecular complexity index is 53.7. The summed E-state index contributed by atoms with van der Waals surface area (Å²) in [5.74, 6) is 0. The Morgan fingerprint density at radius 3 is 2.00 bits per heavy atom. The average molecular weight is 112 g/mol. The number of hydrogen-bond acceptors (Lipinski definition) is 1. The molecular weight excluding hydrogens is 103 g/mol. The predicted octanol–water partition coefficient (Wildman–Crippen LogP) is 0.298. The Morgan fingerprint density at radius 1 is 1.57 bits per heavy atom. The molecule has 0 aromatic heterocycles. The lowest BCUT2D eigenvalue weighted by molar-refractivity contribution is 0.453. The quantitative estimate of drug-likeness (QED) is 0.351. The van der Waals surface area contributed by atoms with Crippen molar-refractivity contribution in [3.63, 3.8) is 0 Å². The van der Waals surface area contributed by atoms with E-state index in [2.05, 4.69) is 13.1 Å². The Kier molecular flexibility index (Phi) is 2.61. The molecule has 1 atom stereocenters. The van der Waals surface area contributed by atoms with Crippen molar-refractivity contribution < 1.29 is 4.74 Å². The predicted molar refractivity (Wildman–Crippen MR) is 33.0 cm³/mol. The molecule has 0 spiro atoms. The van der Waals surface area contributed by atoms with Gasteiger partial charge in [0.15, 0.2) is 0 Å². The van der Waals surface area contributed by atoms with E-state index in [1.54, 1.807) is 0 Å². The van der Waals surface area contributed by atoms with Crippen LogP contribution in [0.25, 0.3) is 0 Å². The summed E-state index contributed by atoms with van der Waals surface area (Å²) in [4.78, 5) is 0. The smallest absolute Gasteiger partial charge is 0.0814 e. The van der Waals surface area contributed by atoms with Gasteiger partial charge in [-0.25, -0.2) is 0 Å². The standard InChI is InChI=1S/C4H9OSi.B/c1-6(2)4-3-5-4;/h4H,3H2,1-2H3;. The van der Waals surface area contributed by atoms with Crippen LogP contribution in [0.2, 0.25) is 13.1 Å². The van der Waals surface area contributed by atoms with Crippen molar-refractivity contribution in [1.82, 2.24) is 0 Å². The summed E-state index contributed by atoms with van der Waals surface area (Å²) in [6.07, 6.45) is 0. The fraction of sp³-hybridized carbons (Fsp3) is 1.00. The molecule has 1 unspecified atom stereocenters. The van der Waals surface area contributed by atoms with Crippen molar-refractivity contribution in [3.8, 4) is 0 Å². The second-order valence-corrected chi connectivity index (χ2v) is 4.70. The van der Waals surface area contributed by atoms with E-state index < -0.39 is 0 Å². The SMILES string of the molecule is C[Si](C)C1CO1.[B]. The van der Waals surface area contributed by atoms with Crippen molar-refractivity contribution >= 4 is 17.2 Å². The lowest BCUT2D eigenvalue weighted by Gasteiger charge is -1.87. The van der Waals surface area contributed by atoms with Crippen molar-refractivity contribution in [1.29, 1.82) is 0 Å². The van der Waals surface area contributed by atoms with Crippen LogP contribution in [0.3, 0.4) is 0 Å². The molecule has 0 amide bonds. The molecule has 1 heterocycles. The maximum Gasteiger partial charge on any atom is 0.0814 e. The lowest BCUT2D eigenvalue weighted by atomic mass is 10.8. The zero-order valence-corrected chi connectivity index (χ0v) is 5.77. The monoisotopic (exact) mass is 112 g/mol. The molecule has 3 heteroatoms. The normalized spacial score (nSPS) is 27.0. The van der Waals surface area contributed by atoms with Gasteiger partial charge in [-0.2, -0.15) is 0 Å². The molecule has 1 rings (SSSR count). The maximum atomic E-state index is 5.02. The van der Waals surface area contributed by atoms with Gasteiger partial charge in [0.05, 0.1) is 21.1 Å². The van der Waals surface area contributed by atoms with Crippen LogP contribution in [0.5, 0.6) is 0 Å². The van der Waals surface area contributed by atoms with Crippen LogP contribution in [0, 0.1) is 0 Å². The van der Waals surface area contributed by atoms with Crippen LogP contribution in [-0.2, 0) is 4.74 Å². The summed E-state index contributed by atoms with van der Waals surface area (Å²) in [7, 11) is -0.0628. The molecule has 0 bridgehead atoms. The molecule has 7 heavy (non-hydrogen) atoms. The molecule has 1 aliphatic heterocycles. The van der Waals surface area contributed by atoms with Crippen LogP contribution in [0.4, 0.5) is 0 Å². The fourth-order valence-electron chi connectivity index (χ4n) is 0.381. The van der Waals surface area contributed by atoms with Crippen LogP contribution in [0.1, 0.15) is 0 Å². The van der Waals surface area contributed by atoms with E-state index in [0.29, 0.717) is 5.73 Å². The molecule has 38 valence electrons. The second kappa shape index (κ2) is 2.52. The summed E-state index contributed by atoms with van der Waals surface area (Å²) in [6.45, 7) is 5.60. The third kappa shape index (κ3) is 2.14. The van der Waals surface area contributed by atoms with Crippen molar-refractivity contribution in [2.45, 2.75) is 18.8 Å². The van der Waals surface area contributed by atoms with Crippen molar-refractivity contribution in [2.24, 2.45) is 0 Å². The molecule has 0 aromatic rings. The first-order valence-corrected chi connectivity index (χ1v) is 4.80. The Hall–Kier alpha value is 0.242. The highest BCUT2D eigenvalue weighted by atomic mass is 28.3. The molecular formula is C4H9BOSi. The first kappa shape index (κ1) is 7.24. The van der Waals surface area contributed by atoms with Gasteiger partial charge in [0.25, 0.3) is 0 Å². The number of epoxide rings is 1. The van der Waals surface area contributed by atoms with E-state index in [-0.39, 0.29) is 17.2 Å². The molecule has 1 aliphatic rings. The van der Waals surface area contributed by atoms with Gasteiger partial charge < -0.3 is 4.74 Å². The average Bonchev–Trinajstić information content (AvgIpc) is 2.06. The van der Waals surface area contributed by atoms with Gasteiger partial charge >= 0.3 is 0 Å². The molecule has 0 aliphatic carbocycles. The van der Waals surface area contributed by atoms with Gasteiger partial charge in [-0.1, -0.05) is 13.1 Å². The van der Waals surface area contributed by atoms with E-state index in [4.69, 9.17) is 4.74 Å². The summed E-state index contributed by atoms with van der Waals surface area (Å²) in [5, 5.41) is 0. The highest BCUT2D eigenvalue weighted by Crippen LogP contribution is 2.11. The molecule has 0 aromatic carbocycles. The molecule has 1 fully saturated rings. The van der Waals surface area contributed by atoms with E-state index in [1.165, 1.54) is 0 Å². The topological polar surface area (TPSA) is 12.5 Å². The first-order chi connectivity index (χ1) is 2.80. The van der Waals surface area contributed by atoms with Gasteiger partial charge in [0, 0.05) is 8.41 Å². The first-order valence-electron chi connectivity index (χ1n) is 2.22. The van der Waals surface area contributed by atoms with E-state index in [1.807, 2.05) is 0 Å². The number of ether oxygens (including phenoxy) is 1. The minimum Gasteiger partial charge on any atom is -0.377 e. The summed E-state index contributed by atoms with van der Waals surface area (Å²) in [6, 6.07) is 0. The molecule has 1 nitrogen and oxygen atoms in total. The number of rotatable bonds is 1. The molecule has 0 saturated carbocycles. The Balaban J connectivity index is 0.000000360. The Morgan fingerprint density at radius 2 is 2.00 bits per heavy atom. The van der Waals surface area contributed by atoms with Crippen LogP contribution >= 0.6 is 0 Å². The number of hydrogen-bond donors (Lipinski definition) is 0. The minimum absolute atomic E-state index is 0. The Labute approximate surface area is 48.2 Å². The van der Waals surface area contributed by atoms with Gasteiger partial charge in [-0.15, -0.1) is 0 Å². The molecule has 0 N–H and O–H groups in total.